The molecule has 0 bridgehead atoms. The van der Waals surface area contributed by atoms with Crippen LogP contribution in [0.25, 0.3) is 0 Å². The van der Waals surface area contributed by atoms with E-state index in [1.165, 1.54) is 6.42 Å². The molecule has 0 saturated heterocycles. The molecule has 2 nitrogen and oxygen atoms in total. The summed E-state index contributed by atoms with van der Waals surface area (Å²) in [5, 5.41) is 3.55. The van der Waals surface area contributed by atoms with E-state index < -0.39 is 5.92 Å². The standard InChI is InChI=1S/C13H23F2NO/c1-17-12-4-2-3-11(9-12)16-10-5-7-13(14,15)8-6-10/h10-12,16H,2-9H2,1H3. The Labute approximate surface area is 102 Å². The molecular formula is C13H23F2NO. The van der Waals surface area contributed by atoms with Gasteiger partial charge < -0.3 is 10.1 Å². The first-order valence-electron chi connectivity index (χ1n) is 6.76. The van der Waals surface area contributed by atoms with Crippen LogP contribution in [0.1, 0.15) is 51.4 Å². The summed E-state index contributed by atoms with van der Waals surface area (Å²) in [5.74, 6) is -2.42. The van der Waals surface area contributed by atoms with Crippen molar-refractivity contribution in [1.29, 1.82) is 0 Å². The zero-order valence-corrected chi connectivity index (χ0v) is 10.6. The van der Waals surface area contributed by atoms with Gasteiger partial charge in [-0.2, -0.15) is 0 Å². The molecule has 4 heteroatoms. The Bertz CT molecular complexity index is 238. The van der Waals surface area contributed by atoms with Gasteiger partial charge in [0.05, 0.1) is 6.10 Å². The minimum Gasteiger partial charge on any atom is -0.381 e. The van der Waals surface area contributed by atoms with Crippen LogP contribution < -0.4 is 5.32 Å². The van der Waals surface area contributed by atoms with Crippen molar-refractivity contribution in [2.45, 2.75) is 75.5 Å². The molecule has 0 aromatic rings. The molecule has 2 aliphatic rings. The summed E-state index contributed by atoms with van der Waals surface area (Å²) in [7, 11) is 1.76. The summed E-state index contributed by atoms with van der Waals surface area (Å²) >= 11 is 0. The summed E-state index contributed by atoms with van der Waals surface area (Å²) in [4.78, 5) is 0. The van der Waals surface area contributed by atoms with Crippen LogP contribution in [0.15, 0.2) is 0 Å². The molecule has 1 N–H and O–H groups in total. The molecule has 100 valence electrons. The van der Waals surface area contributed by atoms with Gasteiger partial charge in [0.2, 0.25) is 5.92 Å². The smallest absolute Gasteiger partial charge is 0.248 e. The van der Waals surface area contributed by atoms with Crippen LogP contribution in [-0.2, 0) is 4.74 Å². The van der Waals surface area contributed by atoms with Gasteiger partial charge in [0.25, 0.3) is 0 Å². The quantitative estimate of drug-likeness (QED) is 0.827. The molecule has 0 heterocycles. The lowest BCUT2D eigenvalue weighted by molar-refractivity contribution is -0.0425. The largest absolute Gasteiger partial charge is 0.381 e. The topological polar surface area (TPSA) is 21.3 Å². The molecule has 0 aromatic heterocycles. The fourth-order valence-corrected chi connectivity index (χ4v) is 3.05. The highest BCUT2D eigenvalue weighted by Gasteiger charge is 2.35. The average molecular weight is 247 g/mol. The summed E-state index contributed by atoms with van der Waals surface area (Å²) in [6, 6.07) is 0.751. The number of ether oxygens (including phenoxy) is 1. The molecular weight excluding hydrogens is 224 g/mol. The Kier molecular flexibility index (Phi) is 4.36. The van der Waals surface area contributed by atoms with Gasteiger partial charge in [-0.15, -0.1) is 0 Å². The van der Waals surface area contributed by atoms with Crippen molar-refractivity contribution in [1.82, 2.24) is 5.32 Å². The van der Waals surface area contributed by atoms with Gasteiger partial charge in [0.1, 0.15) is 0 Å². The van der Waals surface area contributed by atoms with E-state index >= 15 is 0 Å². The maximum atomic E-state index is 13.0. The molecule has 2 fully saturated rings. The Morgan fingerprint density at radius 2 is 1.76 bits per heavy atom. The SMILES string of the molecule is COC1CCCC(NC2CCC(F)(F)CC2)C1. The first-order valence-corrected chi connectivity index (χ1v) is 6.76. The van der Waals surface area contributed by atoms with E-state index in [1.807, 2.05) is 0 Å². The van der Waals surface area contributed by atoms with Crippen molar-refractivity contribution < 1.29 is 13.5 Å². The third kappa shape index (κ3) is 3.88. The Balaban J connectivity index is 1.74. The van der Waals surface area contributed by atoms with Crippen LogP contribution >= 0.6 is 0 Å². The number of nitrogens with one attached hydrogen (secondary N) is 1. The number of methoxy groups -OCH3 is 1. The molecule has 2 unspecified atom stereocenters. The highest BCUT2D eigenvalue weighted by molar-refractivity contribution is 4.86. The Hall–Kier alpha value is -0.220. The summed E-state index contributed by atoms with van der Waals surface area (Å²) in [6.45, 7) is 0. The zero-order valence-electron chi connectivity index (χ0n) is 10.6. The van der Waals surface area contributed by atoms with Gasteiger partial charge in [-0.1, -0.05) is 0 Å². The number of hydrogen-bond donors (Lipinski definition) is 1. The highest BCUT2D eigenvalue weighted by Crippen LogP contribution is 2.33. The fraction of sp³-hybridized carbons (Fsp3) is 1.00. The summed E-state index contributed by atoms with van der Waals surface area (Å²) < 4.78 is 31.4. The molecule has 2 aliphatic carbocycles. The number of halogens is 2. The molecule has 0 amide bonds. The van der Waals surface area contributed by atoms with Crippen LogP contribution in [0.3, 0.4) is 0 Å². The molecule has 0 radical (unpaired) electrons. The van der Waals surface area contributed by atoms with Crippen LogP contribution in [-0.4, -0.2) is 31.2 Å². The van der Waals surface area contributed by atoms with Crippen molar-refractivity contribution in [3.8, 4) is 0 Å². The van der Waals surface area contributed by atoms with Crippen LogP contribution in [0.5, 0.6) is 0 Å². The van der Waals surface area contributed by atoms with Gasteiger partial charge in [-0.05, 0) is 38.5 Å². The second-order valence-corrected chi connectivity index (χ2v) is 5.52. The predicted octanol–water partition coefficient (Wildman–Crippen LogP) is 3.11. The van der Waals surface area contributed by atoms with Crippen LogP contribution in [0.2, 0.25) is 0 Å². The van der Waals surface area contributed by atoms with Gasteiger partial charge >= 0.3 is 0 Å². The Morgan fingerprint density at radius 1 is 1.06 bits per heavy atom. The molecule has 2 saturated carbocycles. The summed E-state index contributed by atoms with van der Waals surface area (Å²) in [5.41, 5.74) is 0. The fourth-order valence-electron chi connectivity index (χ4n) is 3.05. The third-order valence-corrected chi connectivity index (χ3v) is 4.15. The van der Waals surface area contributed by atoms with Crippen molar-refractivity contribution in [2.75, 3.05) is 7.11 Å². The monoisotopic (exact) mass is 247 g/mol. The lowest BCUT2D eigenvalue weighted by atomic mass is 9.88. The van der Waals surface area contributed by atoms with Crippen molar-refractivity contribution in [3.63, 3.8) is 0 Å². The first kappa shape index (κ1) is 13.2. The number of hydrogen-bond acceptors (Lipinski definition) is 2. The number of alkyl halides is 2. The van der Waals surface area contributed by atoms with Crippen LogP contribution in [0.4, 0.5) is 8.78 Å². The summed E-state index contributed by atoms with van der Waals surface area (Å²) in [6.07, 6.45) is 6.18. The Morgan fingerprint density at radius 3 is 2.41 bits per heavy atom. The maximum Gasteiger partial charge on any atom is 0.248 e. The first-order chi connectivity index (χ1) is 8.09. The molecule has 17 heavy (non-hydrogen) atoms. The van der Waals surface area contributed by atoms with E-state index in [2.05, 4.69) is 5.32 Å². The highest BCUT2D eigenvalue weighted by atomic mass is 19.3. The van der Waals surface area contributed by atoms with E-state index in [1.54, 1.807) is 7.11 Å². The minimum atomic E-state index is -2.42. The van der Waals surface area contributed by atoms with Gasteiger partial charge in [0, 0.05) is 32.0 Å². The molecule has 2 rings (SSSR count). The second-order valence-electron chi connectivity index (χ2n) is 5.52. The van der Waals surface area contributed by atoms with E-state index in [0.29, 0.717) is 25.0 Å². The molecule has 0 aromatic carbocycles. The zero-order chi connectivity index (χ0) is 12.3. The minimum absolute atomic E-state index is 0.0467. The normalized spacial score (nSPS) is 34.8. The molecule has 0 aliphatic heterocycles. The number of rotatable bonds is 3. The van der Waals surface area contributed by atoms with Gasteiger partial charge in [-0.3, -0.25) is 0 Å². The van der Waals surface area contributed by atoms with E-state index in [9.17, 15) is 8.78 Å². The lowest BCUT2D eigenvalue weighted by Gasteiger charge is -2.35. The van der Waals surface area contributed by atoms with E-state index in [-0.39, 0.29) is 18.9 Å². The maximum absolute atomic E-state index is 13.0. The lowest BCUT2D eigenvalue weighted by Crippen LogP contribution is -2.45. The molecule has 2 atom stereocenters. The second kappa shape index (κ2) is 5.61. The van der Waals surface area contributed by atoms with Gasteiger partial charge in [0.15, 0.2) is 0 Å². The van der Waals surface area contributed by atoms with Crippen molar-refractivity contribution in [3.05, 3.63) is 0 Å². The predicted molar refractivity (Wildman–Crippen MR) is 63.4 cm³/mol. The van der Waals surface area contributed by atoms with Crippen molar-refractivity contribution >= 4 is 0 Å². The van der Waals surface area contributed by atoms with Crippen LogP contribution in [0, 0.1) is 0 Å². The third-order valence-electron chi connectivity index (χ3n) is 4.15. The van der Waals surface area contributed by atoms with Gasteiger partial charge in [-0.25, -0.2) is 8.78 Å². The average Bonchev–Trinajstić information content (AvgIpc) is 2.32. The van der Waals surface area contributed by atoms with Crippen molar-refractivity contribution in [2.24, 2.45) is 0 Å². The van der Waals surface area contributed by atoms with E-state index in [0.717, 1.165) is 19.3 Å². The molecule has 0 spiro atoms. The van der Waals surface area contributed by atoms with E-state index in [4.69, 9.17) is 4.74 Å².